The first-order chi connectivity index (χ1) is 12.6. The van der Waals surface area contributed by atoms with Gasteiger partial charge >= 0.3 is 0 Å². The molecule has 0 bridgehead atoms. The topological polar surface area (TPSA) is 58.6 Å². The van der Waals surface area contributed by atoms with Gasteiger partial charge in [0.1, 0.15) is 11.3 Å². The van der Waals surface area contributed by atoms with Gasteiger partial charge in [0.15, 0.2) is 0 Å². The summed E-state index contributed by atoms with van der Waals surface area (Å²) in [5.41, 5.74) is 2.88. The van der Waals surface area contributed by atoms with Crippen LogP contribution in [0.5, 0.6) is 0 Å². The molecule has 0 radical (unpaired) electrons. The Balaban J connectivity index is 1.66. The van der Waals surface area contributed by atoms with Crippen LogP contribution in [-0.4, -0.2) is 30.4 Å². The lowest BCUT2D eigenvalue weighted by Gasteiger charge is -2.28. The summed E-state index contributed by atoms with van der Waals surface area (Å²) >= 11 is 0. The van der Waals surface area contributed by atoms with E-state index in [1.807, 2.05) is 37.3 Å². The highest BCUT2D eigenvalue weighted by Crippen LogP contribution is 2.23. The molecule has 0 aliphatic rings. The van der Waals surface area contributed by atoms with Crippen molar-refractivity contribution in [2.45, 2.75) is 33.2 Å². The number of aryl methyl sites for hydroxylation is 1. The number of furan rings is 2. The van der Waals surface area contributed by atoms with Gasteiger partial charge in [-0.05, 0) is 43.8 Å². The molecular formula is C21H26N2O3. The van der Waals surface area contributed by atoms with Crippen LogP contribution in [0.4, 0.5) is 0 Å². The molecule has 2 heterocycles. The molecule has 0 aliphatic heterocycles. The molecule has 1 atom stereocenters. The molecule has 1 aromatic carbocycles. The van der Waals surface area contributed by atoms with Gasteiger partial charge in [0.2, 0.25) is 5.91 Å². The summed E-state index contributed by atoms with van der Waals surface area (Å²) in [6.45, 7) is 8.55. The van der Waals surface area contributed by atoms with E-state index >= 15 is 0 Å². The van der Waals surface area contributed by atoms with Crippen LogP contribution in [0.25, 0.3) is 11.0 Å². The summed E-state index contributed by atoms with van der Waals surface area (Å²) < 4.78 is 11.2. The molecular weight excluding hydrogens is 328 g/mol. The van der Waals surface area contributed by atoms with Crippen LogP contribution in [0.3, 0.4) is 0 Å². The Morgan fingerprint density at radius 3 is 2.69 bits per heavy atom. The van der Waals surface area contributed by atoms with Crippen molar-refractivity contribution in [2.24, 2.45) is 0 Å². The number of rotatable bonds is 8. The van der Waals surface area contributed by atoms with Gasteiger partial charge in [-0.1, -0.05) is 26.0 Å². The van der Waals surface area contributed by atoms with Crippen molar-refractivity contribution in [2.75, 3.05) is 19.6 Å². The van der Waals surface area contributed by atoms with Gasteiger partial charge in [-0.2, -0.15) is 0 Å². The number of amides is 1. The van der Waals surface area contributed by atoms with E-state index < -0.39 is 0 Å². The van der Waals surface area contributed by atoms with Crippen molar-refractivity contribution in [3.05, 3.63) is 59.7 Å². The zero-order chi connectivity index (χ0) is 18.5. The summed E-state index contributed by atoms with van der Waals surface area (Å²) in [5.74, 6) is 0.857. The molecule has 1 N–H and O–H groups in total. The third kappa shape index (κ3) is 3.99. The molecule has 0 saturated heterocycles. The maximum absolute atomic E-state index is 12.5. The number of carbonyl (C=O) groups excluding carboxylic acids is 1. The van der Waals surface area contributed by atoms with Crippen molar-refractivity contribution < 1.29 is 13.6 Å². The summed E-state index contributed by atoms with van der Waals surface area (Å²) in [6.07, 6.45) is 3.66. The Kier molecular flexibility index (Phi) is 5.78. The Morgan fingerprint density at radius 1 is 1.19 bits per heavy atom. The molecule has 5 heteroatoms. The van der Waals surface area contributed by atoms with Crippen LogP contribution in [0.2, 0.25) is 0 Å². The van der Waals surface area contributed by atoms with Crippen LogP contribution in [0.1, 0.15) is 36.8 Å². The molecule has 3 aromatic rings. The highest BCUT2D eigenvalue weighted by Gasteiger charge is 2.21. The molecule has 138 valence electrons. The van der Waals surface area contributed by atoms with E-state index in [1.165, 1.54) is 0 Å². The molecule has 2 aromatic heterocycles. The lowest BCUT2D eigenvalue weighted by molar-refractivity contribution is -0.120. The quantitative estimate of drug-likeness (QED) is 0.662. The molecule has 0 fully saturated rings. The Hall–Kier alpha value is -2.53. The summed E-state index contributed by atoms with van der Waals surface area (Å²) in [6, 6.07) is 9.91. The van der Waals surface area contributed by atoms with E-state index in [1.54, 1.807) is 12.5 Å². The highest BCUT2D eigenvalue weighted by atomic mass is 16.3. The Bertz CT molecular complexity index is 847. The molecule has 0 saturated carbocycles. The predicted molar refractivity (Wildman–Crippen MR) is 102 cm³/mol. The summed E-state index contributed by atoms with van der Waals surface area (Å²) in [4.78, 5) is 14.8. The lowest BCUT2D eigenvalue weighted by Crippen LogP contribution is -2.38. The second-order valence-corrected chi connectivity index (χ2v) is 6.49. The number of hydrogen-bond acceptors (Lipinski definition) is 4. The number of nitrogens with one attached hydrogen (secondary N) is 1. The van der Waals surface area contributed by atoms with Crippen LogP contribution in [0, 0.1) is 6.92 Å². The zero-order valence-corrected chi connectivity index (χ0v) is 15.6. The van der Waals surface area contributed by atoms with Crippen LogP contribution in [0.15, 0.2) is 51.7 Å². The van der Waals surface area contributed by atoms with E-state index in [-0.39, 0.29) is 11.9 Å². The molecule has 26 heavy (non-hydrogen) atoms. The minimum Gasteiger partial charge on any atom is -0.468 e. The Morgan fingerprint density at radius 2 is 2.00 bits per heavy atom. The predicted octanol–water partition coefficient (Wildman–Crippen LogP) is 4.08. The first kappa shape index (κ1) is 18.3. The molecule has 1 amide bonds. The monoisotopic (exact) mass is 354 g/mol. The number of nitrogens with zero attached hydrogens (tertiary/aromatic N) is 1. The molecule has 5 nitrogen and oxygen atoms in total. The third-order valence-corrected chi connectivity index (χ3v) is 4.78. The first-order valence-corrected chi connectivity index (χ1v) is 9.13. The van der Waals surface area contributed by atoms with Gasteiger partial charge in [-0.15, -0.1) is 0 Å². The smallest absolute Gasteiger partial charge is 0.224 e. The van der Waals surface area contributed by atoms with E-state index in [2.05, 4.69) is 24.1 Å². The average molecular weight is 354 g/mol. The fourth-order valence-corrected chi connectivity index (χ4v) is 3.33. The summed E-state index contributed by atoms with van der Waals surface area (Å²) in [5, 5.41) is 4.05. The number of benzene rings is 1. The number of hydrogen-bond donors (Lipinski definition) is 1. The number of carbonyl (C=O) groups is 1. The van der Waals surface area contributed by atoms with Gasteiger partial charge in [-0.25, -0.2) is 0 Å². The SMILES string of the molecule is CCN(CC)C(CNC(=O)Cc1coc2cc(C)ccc12)c1ccco1. The van der Waals surface area contributed by atoms with Gasteiger partial charge in [0.05, 0.1) is 25.0 Å². The minimum absolute atomic E-state index is 0.0167. The second kappa shape index (κ2) is 8.23. The fourth-order valence-electron chi connectivity index (χ4n) is 3.33. The normalized spacial score (nSPS) is 12.6. The van der Waals surface area contributed by atoms with Gasteiger partial charge in [-0.3, -0.25) is 9.69 Å². The van der Waals surface area contributed by atoms with Crippen LogP contribution >= 0.6 is 0 Å². The fraction of sp³-hybridized carbons (Fsp3) is 0.381. The van der Waals surface area contributed by atoms with E-state index in [9.17, 15) is 4.79 Å². The average Bonchev–Trinajstić information content (AvgIpc) is 3.29. The molecule has 0 aliphatic carbocycles. The molecule has 1 unspecified atom stereocenters. The van der Waals surface area contributed by atoms with E-state index in [0.717, 1.165) is 40.9 Å². The third-order valence-electron chi connectivity index (χ3n) is 4.78. The maximum Gasteiger partial charge on any atom is 0.224 e. The standard InChI is InChI=1S/C21H26N2O3/c1-4-23(5-2)18(19-7-6-10-25-19)13-22-21(24)12-16-14-26-20-11-15(3)8-9-17(16)20/h6-11,14,18H,4-5,12-13H2,1-3H3,(H,22,24). The van der Waals surface area contributed by atoms with Crippen molar-refractivity contribution in [3.63, 3.8) is 0 Å². The highest BCUT2D eigenvalue weighted by molar-refractivity contribution is 5.87. The molecule has 3 rings (SSSR count). The van der Waals surface area contributed by atoms with Crippen LogP contribution in [-0.2, 0) is 11.2 Å². The van der Waals surface area contributed by atoms with Crippen LogP contribution < -0.4 is 5.32 Å². The zero-order valence-electron chi connectivity index (χ0n) is 15.6. The largest absolute Gasteiger partial charge is 0.468 e. The second-order valence-electron chi connectivity index (χ2n) is 6.49. The van der Waals surface area contributed by atoms with Crippen molar-refractivity contribution in [3.8, 4) is 0 Å². The molecule has 0 spiro atoms. The number of likely N-dealkylation sites (N-methyl/N-ethyl adjacent to an activating group) is 1. The first-order valence-electron chi connectivity index (χ1n) is 9.13. The van der Waals surface area contributed by atoms with Gasteiger partial charge in [0, 0.05) is 17.5 Å². The van der Waals surface area contributed by atoms with Gasteiger partial charge < -0.3 is 14.2 Å². The lowest BCUT2D eigenvalue weighted by atomic mass is 10.1. The van der Waals surface area contributed by atoms with E-state index in [4.69, 9.17) is 8.83 Å². The number of fused-ring (bicyclic) bond motifs is 1. The summed E-state index contributed by atoms with van der Waals surface area (Å²) in [7, 11) is 0. The van der Waals surface area contributed by atoms with Crippen molar-refractivity contribution in [1.82, 2.24) is 10.2 Å². The van der Waals surface area contributed by atoms with Gasteiger partial charge in [0.25, 0.3) is 0 Å². The minimum atomic E-state index is -0.0167. The van der Waals surface area contributed by atoms with Crippen molar-refractivity contribution in [1.29, 1.82) is 0 Å². The van der Waals surface area contributed by atoms with Crippen molar-refractivity contribution >= 4 is 16.9 Å². The van der Waals surface area contributed by atoms with E-state index in [0.29, 0.717) is 13.0 Å². The maximum atomic E-state index is 12.5. The Labute approximate surface area is 154 Å².